The first-order valence-electron chi connectivity index (χ1n) is 6.56. The molecule has 1 N–H and O–H groups in total. The Morgan fingerprint density at radius 1 is 1.29 bits per heavy atom. The Labute approximate surface area is 103 Å². The highest BCUT2D eigenvalue weighted by Crippen LogP contribution is 2.31. The summed E-state index contributed by atoms with van der Waals surface area (Å²) in [5.74, 6) is 1.60. The molecule has 2 unspecified atom stereocenters. The van der Waals surface area contributed by atoms with E-state index in [0.29, 0.717) is 23.7 Å². The lowest BCUT2D eigenvalue weighted by molar-refractivity contribution is 0.253. The normalized spacial score (nSPS) is 24.9. The number of anilines is 1. The standard InChI is InChI=1S/C14H21FN2/c1-10(2)11-6-3-4-7-12(11)16-14-9-5-8-13(15)17-14/h5,8-12H,3-4,6-7H2,1-2H3,(H,16,17). The molecule has 2 nitrogen and oxygen atoms in total. The van der Waals surface area contributed by atoms with Gasteiger partial charge in [0.15, 0.2) is 0 Å². The fourth-order valence-corrected chi connectivity index (χ4v) is 2.82. The molecule has 0 aliphatic heterocycles. The molecule has 1 saturated carbocycles. The van der Waals surface area contributed by atoms with Gasteiger partial charge in [0.2, 0.25) is 5.95 Å². The van der Waals surface area contributed by atoms with Crippen molar-refractivity contribution < 1.29 is 4.39 Å². The van der Waals surface area contributed by atoms with E-state index in [1.807, 2.05) is 6.07 Å². The van der Waals surface area contributed by atoms with Crippen LogP contribution in [0.1, 0.15) is 39.5 Å². The number of hydrogen-bond donors (Lipinski definition) is 1. The van der Waals surface area contributed by atoms with Crippen LogP contribution < -0.4 is 5.32 Å². The minimum atomic E-state index is -0.410. The summed E-state index contributed by atoms with van der Waals surface area (Å²) >= 11 is 0. The number of nitrogens with zero attached hydrogens (tertiary/aromatic N) is 1. The summed E-state index contributed by atoms with van der Waals surface area (Å²) in [6.07, 6.45) is 5.01. The molecule has 0 spiro atoms. The van der Waals surface area contributed by atoms with Crippen LogP contribution in [-0.4, -0.2) is 11.0 Å². The highest BCUT2D eigenvalue weighted by molar-refractivity contribution is 5.35. The maximum atomic E-state index is 13.0. The van der Waals surface area contributed by atoms with Crippen LogP contribution in [0.2, 0.25) is 0 Å². The molecule has 2 rings (SSSR count). The van der Waals surface area contributed by atoms with Crippen molar-refractivity contribution in [2.45, 2.75) is 45.6 Å². The first-order chi connectivity index (χ1) is 8.16. The highest BCUT2D eigenvalue weighted by Gasteiger charge is 2.27. The van der Waals surface area contributed by atoms with E-state index in [2.05, 4.69) is 24.1 Å². The first-order valence-corrected chi connectivity index (χ1v) is 6.56. The maximum absolute atomic E-state index is 13.0. The van der Waals surface area contributed by atoms with Crippen LogP contribution in [-0.2, 0) is 0 Å². The van der Waals surface area contributed by atoms with E-state index in [4.69, 9.17) is 0 Å². The SMILES string of the molecule is CC(C)C1CCCCC1Nc1cccc(F)n1. The van der Waals surface area contributed by atoms with Gasteiger partial charge in [-0.15, -0.1) is 0 Å². The van der Waals surface area contributed by atoms with Crippen LogP contribution in [0.5, 0.6) is 0 Å². The van der Waals surface area contributed by atoms with Crippen molar-refractivity contribution in [1.82, 2.24) is 4.98 Å². The third-order valence-corrected chi connectivity index (χ3v) is 3.72. The van der Waals surface area contributed by atoms with Crippen LogP contribution in [0.25, 0.3) is 0 Å². The van der Waals surface area contributed by atoms with Crippen LogP contribution in [0.4, 0.5) is 10.2 Å². The van der Waals surface area contributed by atoms with Crippen molar-refractivity contribution in [2.24, 2.45) is 11.8 Å². The lowest BCUT2D eigenvalue weighted by Crippen LogP contribution is -2.35. The zero-order valence-electron chi connectivity index (χ0n) is 10.6. The Morgan fingerprint density at radius 2 is 2.06 bits per heavy atom. The van der Waals surface area contributed by atoms with Gasteiger partial charge in [-0.3, -0.25) is 0 Å². The molecular weight excluding hydrogens is 215 g/mol. The van der Waals surface area contributed by atoms with Gasteiger partial charge in [0.25, 0.3) is 0 Å². The van der Waals surface area contributed by atoms with E-state index in [-0.39, 0.29) is 0 Å². The second-order valence-corrected chi connectivity index (χ2v) is 5.29. The van der Waals surface area contributed by atoms with Gasteiger partial charge in [0, 0.05) is 6.04 Å². The van der Waals surface area contributed by atoms with Gasteiger partial charge in [-0.2, -0.15) is 4.39 Å². The molecule has 17 heavy (non-hydrogen) atoms. The summed E-state index contributed by atoms with van der Waals surface area (Å²) in [5.41, 5.74) is 0. The maximum Gasteiger partial charge on any atom is 0.214 e. The summed E-state index contributed by atoms with van der Waals surface area (Å²) in [6.45, 7) is 4.54. The van der Waals surface area contributed by atoms with Gasteiger partial charge in [0.05, 0.1) is 0 Å². The Kier molecular flexibility index (Phi) is 3.97. The molecule has 1 aromatic rings. The van der Waals surface area contributed by atoms with Crippen molar-refractivity contribution in [3.05, 3.63) is 24.1 Å². The van der Waals surface area contributed by atoms with Crippen molar-refractivity contribution in [1.29, 1.82) is 0 Å². The summed E-state index contributed by atoms with van der Waals surface area (Å²) < 4.78 is 13.0. The van der Waals surface area contributed by atoms with Crippen molar-refractivity contribution in [3.63, 3.8) is 0 Å². The molecule has 1 aromatic heterocycles. The lowest BCUT2D eigenvalue weighted by Gasteiger charge is -2.35. The minimum absolute atomic E-state index is 0.410. The van der Waals surface area contributed by atoms with Crippen LogP contribution in [0, 0.1) is 17.8 Å². The Balaban J connectivity index is 2.05. The average Bonchev–Trinajstić information content (AvgIpc) is 2.29. The molecule has 0 amide bonds. The molecule has 1 aliphatic rings. The molecule has 0 radical (unpaired) electrons. The fourth-order valence-electron chi connectivity index (χ4n) is 2.82. The van der Waals surface area contributed by atoms with Crippen molar-refractivity contribution in [2.75, 3.05) is 5.32 Å². The Hall–Kier alpha value is -1.12. The Morgan fingerprint density at radius 3 is 2.76 bits per heavy atom. The quantitative estimate of drug-likeness (QED) is 0.806. The molecule has 0 bridgehead atoms. The molecule has 3 heteroatoms. The smallest absolute Gasteiger partial charge is 0.214 e. The summed E-state index contributed by atoms with van der Waals surface area (Å²) in [4.78, 5) is 3.88. The molecule has 2 atom stereocenters. The van der Waals surface area contributed by atoms with E-state index in [1.54, 1.807) is 6.07 Å². The molecule has 94 valence electrons. The first kappa shape index (κ1) is 12.3. The predicted octanol–water partition coefficient (Wildman–Crippen LogP) is 3.85. The van der Waals surface area contributed by atoms with Gasteiger partial charge in [0.1, 0.15) is 5.82 Å². The van der Waals surface area contributed by atoms with Gasteiger partial charge in [-0.25, -0.2) is 4.98 Å². The largest absolute Gasteiger partial charge is 0.367 e. The van der Waals surface area contributed by atoms with E-state index >= 15 is 0 Å². The van der Waals surface area contributed by atoms with E-state index in [1.165, 1.54) is 31.7 Å². The summed E-state index contributed by atoms with van der Waals surface area (Å²) in [6, 6.07) is 5.37. The van der Waals surface area contributed by atoms with Crippen LogP contribution >= 0.6 is 0 Å². The van der Waals surface area contributed by atoms with Gasteiger partial charge in [-0.1, -0.05) is 32.8 Å². The lowest BCUT2D eigenvalue weighted by atomic mass is 9.78. The van der Waals surface area contributed by atoms with Gasteiger partial charge >= 0.3 is 0 Å². The van der Waals surface area contributed by atoms with Crippen molar-refractivity contribution in [3.8, 4) is 0 Å². The zero-order chi connectivity index (χ0) is 12.3. The number of aromatic nitrogens is 1. The van der Waals surface area contributed by atoms with E-state index in [9.17, 15) is 4.39 Å². The molecule has 0 aromatic carbocycles. The third kappa shape index (κ3) is 3.18. The van der Waals surface area contributed by atoms with Crippen LogP contribution in [0.15, 0.2) is 18.2 Å². The average molecular weight is 236 g/mol. The summed E-state index contributed by atoms with van der Waals surface area (Å²) in [5, 5.41) is 3.40. The fraction of sp³-hybridized carbons (Fsp3) is 0.643. The minimum Gasteiger partial charge on any atom is -0.367 e. The molecule has 1 aliphatic carbocycles. The topological polar surface area (TPSA) is 24.9 Å². The summed E-state index contributed by atoms with van der Waals surface area (Å²) in [7, 11) is 0. The number of nitrogens with one attached hydrogen (secondary N) is 1. The van der Waals surface area contributed by atoms with Crippen LogP contribution in [0.3, 0.4) is 0 Å². The van der Waals surface area contributed by atoms with E-state index < -0.39 is 5.95 Å². The van der Waals surface area contributed by atoms with E-state index in [0.717, 1.165) is 0 Å². The number of halogens is 1. The van der Waals surface area contributed by atoms with Gasteiger partial charge in [-0.05, 0) is 36.8 Å². The zero-order valence-corrected chi connectivity index (χ0v) is 10.6. The second-order valence-electron chi connectivity index (χ2n) is 5.29. The third-order valence-electron chi connectivity index (χ3n) is 3.72. The second kappa shape index (κ2) is 5.48. The number of pyridine rings is 1. The number of hydrogen-bond acceptors (Lipinski definition) is 2. The molecule has 0 saturated heterocycles. The predicted molar refractivity (Wildman–Crippen MR) is 68.4 cm³/mol. The van der Waals surface area contributed by atoms with Gasteiger partial charge < -0.3 is 5.32 Å². The van der Waals surface area contributed by atoms with Crippen molar-refractivity contribution >= 4 is 5.82 Å². The number of rotatable bonds is 3. The molecule has 1 fully saturated rings. The monoisotopic (exact) mass is 236 g/mol. The highest BCUT2D eigenvalue weighted by atomic mass is 19.1. The molecule has 1 heterocycles. The Bertz CT molecular complexity index is 365. The molecular formula is C14H21FN2.